The van der Waals surface area contributed by atoms with Crippen LogP contribution in [0.1, 0.15) is 32.3 Å². The summed E-state index contributed by atoms with van der Waals surface area (Å²) in [5, 5.41) is 15.8. The van der Waals surface area contributed by atoms with Crippen molar-refractivity contribution < 1.29 is 43.1 Å². The van der Waals surface area contributed by atoms with Crippen molar-refractivity contribution in [2.75, 3.05) is 89.7 Å². The van der Waals surface area contributed by atoms with Crippen molar-refractivity contribution in [3.8, 4) is 17.2 Å². The number of ether oxygens (including phenoxy) is 6. The van der Waals surface area contributed by atoms with E-state index in [1.807, 2.05) is 18.2 Å². The molecule has 0 saturated heterocycles. The van der Waals surface area contributed by atoms with Gasteiger partial charge in [0.25, 0.3) is 11.8 Å². The van der Waals surface area contributed by atoms with E-state index in [0.717, 1.165) is 10.9 Å². The molecule has 274 valence electrons. The van der Waals surface area contributed by atoms with E-state index in [4.69, 9.17) is 40.0 Å². The van der Waals surface area contributed by atoms with Crippen LogP contribution in [-0.2, 0) is 18.9 Å². The average Bonchev–Trinajstić information content (AvgIpc) is 3.76. The van der Waals surface area contributed by atoms with Crippen molar-refractivity contribution in [1.82, 2.24) is 9.97 Å². The first-order valence-corrected chi connectivity index (χ1v) is 17.4. The van der Waals surface area contributed by atoms with E-state index in [9.17, 15) is 14.7 Å². The molecule has 0 unspecified atom stereocenters. The highest BCUT2D eigenvalue weighted by atomic mass is 35.5. The van der Waals surface area contributed by atoms with Crippen LogP contribution in [0.5, 0.6) is 17.2 Å². The Balaban J connectivity index is 1.03. The molecule has 0 fully saturated rings. The first-order valence-electron chi connectivity index (χ1n) is 16.9. The topological polar surface area (TPSA) is 154 Å². The van der Waals surface area contributed by atoms with E-state index in [2.05, 4.69) is 15.3 Å². The molecule has 1 aliphatic rings. The zero-order chi connectivity index (χ0) is 36.5. The zero-order valence-corrected chi connectivity index (χ0v) is 29.7. The van der Waals surface area contributed by atoms with Gasteiger partial charge in [-0.15, -0.1) is 11.6 Å². The molecule has 0 radical (unpaired) electrons. The molecule has 5 aromatic rings. The molecular formula is C38H41ClN4O9. The van der Waals surface area contributed by atoms with Crippen LogP contribution in [0.4, 0.5) is 11.4 Å². The lowest BCUT2D eigenvalue weighted by Gasteiger charge is -2.18. The van der Waals surface area contributed by atoms with E-state index >= 15 is 0 Å². The molecule has 52 heavy (non-hydrogen) atoms. The third-order valence-corrected chi connectivity index (χ3v) is 8.99. The number of aromatic nitrogens is 2. The van der Waals surface area contributed by atoms with Crippen LogP contribution in [0.15, 0.2) is 66.9 Å². The Morgan fingerprint density at radius 1 is 0.942 bits per heavy atom. The van der Waals surface area contributed by atoms with Gasteiger partial charge >= 0.3 is 0 Å². The van der Waals surface area contributed by atoms with Crippen molar-refractivity contribution in [2.24, 2.45) is 0 Å². The van der Waals surface area contributed by atoms with E-state index < -0.39 is 0 Å². The van der Waals surface area contributed by atoms with Gasteiger partial charge in [0.05, 0.1) is 70.9 Å². The monoisotopic (exact) mass is 732 g/mol. The first kappa shape index (κ1) is 36.9. The minimum absolute atomic E-state index is 0.0425. The maximum atomic E-state index is 13.9. The molecule has 2 amide bonds. The summed E-state index contributed by atoms with van der Waals surface area (Å²) in [6, 6.07) is 17.3. The van der Waals surface area contributed by atoms with Gasteiger partial charge in [-0.25, -0.2) is 4.98 Å². The minimum Gasteiger partial charge on any atom is -0.507 e. The standard InChI is InChI=1S/C38H41ClN4O9/c1-47-10-11-49-12-13-50-14-15-51-16-17-52-28-8-6-24(7-9-28)37(45)41-27-18-25-19-30(42-36(25)40-22-27)38(46)43-23-26(21-39)34-31(43)20-32(44)29-4-3-5-33(48-2)35(29)34/h3-9,18-20,22,26,44H,10-17,21,23H2,1-2H3,(H,40,42)(H,41,45)/t26-/m1/s1. The number of aromatic hydroxyl groups is 1. The van der Waals surface area contributed by atoms with Gasteiger partial charge in [-0.05, 0) is 48.0 Å². The number of rotatable bonds is 18. The van der Waals surface area contributed by atoms with Crippen molar-refractivity contribution in [3.05, 3.63) is 83.7 Å². The summed E-state index contributed by atoms with van der Waals surface area (Å²) in [7, 11) is 3.20. The van der Waals surface area contributed by atoms with Gasteiger partial charge in [-0.1, -0.05) is 12.1 Å². The number of aromatic amines is 1. The number of fused-ring (bicyclic) bond motifs is 4. The summed E-state index contributed by atoms with van der Waals surface area (Å²) in [5.74, 6) is 0.732. The number of carbonyl (C=O) groups is 2. The Bertz CT molecular complexity index is 2000. The van der Waals surface area contributed by atoms with Crippen molar-refractivity contribution in [1.29, 1.82) is 0 Å². The number of nitrogens with zero attached hydrogens (tertiary/aromatic N) is 2. The molecule has 1 aliphatic heterocycles. The van der Waals surface area contributed by atoms with Gasteiger partial charge in [0, 0.05) is 53.2 Å². The molecule has 14 heteroatoms. The Labute approximate surface area is 305 Å². The van der Waals surface area contributed by atoms with Crippen molar-refractivity contribution >= 4 is 56.6 Å². The second-order valence-electron chi connectivity index (χ2n) is 12.0. The maximum absolute atomic E-state index is 13.9. The largest absolute Gasteiger partial charge is 0.507 e. The number of amides is 2. The normalized spacial score (nSPS) is 13.8. The highest BCUT2D eigenvalue weighted by molar-refractivity contribution is 6.19. The predicted octanol–water partition coefficient (Wildman–Crippen LogP) is 5.74. The summed E-state index contributed by atoms with van der Waals surface area (Å²) in [4.78, 5) is 36.1. The fourth-order valence-corrected chi connectivity index (χ4v) is 6.38. The summed E-state index contributed by atoms with van der Waals surface area (Å²) < 4.78 is 32.5. The number of alkyl halides is 1. The average molecular weight is 733 g/mol. The Hall–Kier alpha value is -4.92. The molecule has 0 saturated carbocycles. The van der Waals surface area contributed by atoms with Gasteiger partial charge in [-0.2, -0.15) is 0 Å². The van der Waals surface area contributed by atoms with Crippen LogP contribution in [0, 0.1) is 0 Å². The molecule has 1 atom stereocenters. The zero-order valence-electron chi connectivity index (χ0n) is 29.0. The third kappa shape index (κ3) is 8.41. The SMILES string of the molecule is COCCOCCOCCOCCOc1ccc(C(=O)Nc2cnc3[nH]c(C(=O)N4C[C@@H](CCl)c5c4cc(O)c4cccc(OC)c54)cc3c2)cc1. The Kier molecular flexibility index (Phi) is 12.4. The van der Waals surface area contributed by atoms with E-state index in [-0.39, 0.29) is 29.4 Å². The Morgan fingerprint density at radius 2 is 1.65 bits per heavy atom. The summed E-state index contributed by atoms with van der Waals surface area (Å²) in [6.07, 6.45) is 1.52. The predicted molar refractivity (Wildman–Crippen MR) is 198 cm³/mol. The van der Waals surface area contributed by atoms with E-state index in [0.29, 0.717) is 110 Å². The number of pyridine rings is 1. The fraction of sp³-hybridized carbons (Fsp3) is 0.342. The molecule has 3 aromatic carbocycles. The van der Waals surface area contributed by atoms with Crippen LogP contribution in [0.3, 0.4) is 0 Å². The molecule has 0 aliphatic carbocycles. The number of carbonyl (C=O) groups excluding carboxylic acids is 2. The molecule has 13 nitrogen and oxygen atoms in total. The first-order chi connectivity index (χ1) is 25.4. The Morgan fingerprint density at radius 3 is 2.35 bits per heavy atom. The minimum atomic E-state index is -0.324. The van der Waals surface area contributed by atoms with Gasteiger partial charge in [0.15, 0.2) is 0 Å². The van der Waals surface area contributed by atoms with Crippen LogP contribution in [0.2, 0.25) is 0 Å². The number of benzene rings is 3. The van der Waals surface area contributed by atoms with Gasteiger partial charge in [0.2, 0.25) is 0 Å². The van der Waals surface area contributed by atoms with Crippen LogP contribution >= 0.6 is 11.6 Å². The smallest absolute Gasteiger partial charge is 0.274 e. The lowest BCUT2D eigenvalue weighted by Crippen LogP contribution is -2.30. The van der Waals surface area contributed by atoms with Crippen LogP contribution < -0.4 is 19.7 Å². The van der Waals surface area contributed by atoms with Gasteiger partial charge in [-0.3, -0.25) is 9.59 Å². The number of hydrogen-bond donors (Lipinski definition) is 3. The van der Waals surface area contributed by atoms with Gasteiger partial charge in [0.1, 0.15) is 35.2 Å². The molecule has 2 aromatic heterocycles. The van der Waals surface area contributed by atoms with E-state index in [1.165, 1.54) is 6.20 Å². The highest BCUT2D eigenvalue weighted by Crippen LogP contribution is 2.48. The lowest BCUT2D eigenvalue weighted by atomic mass is 9.94. The van der Waals surface area contributed by atoms with Crippen LogP contribution in [-0.4, -0.2) is 106 Å². The molecule has 0 spiro atoms. The quantitative estimate of drug-likeness (QED) is 0.0751. The number of halogens is 1. The molecular weight excluding hydrogens is 692 g/mol. The molecule has 0 bridgehead atoms. The highest BCUT2D eigenvalue weighted by Gasteiger charge is 2.36. The van der Waals surface area contributed by atoms with Crippen molar-refractivity contribution in [3.63, 3.8) is 0 Å². The number of hydrogen-bond acceptors (Lipinski definition) is 10. The molecule has 3 heterocycles. The number of anilines is 2. The van der Waals surface area contributed by atoms with Crippen molar-refractivity contribution in [2.45, 2.75) is 5.92 Å². The number of methoxy groups -OCH3 is 2. The maximum Gasteiger partial charge on any atom is 0.274 e. The van der Waals surface area contributed by atoms with Crippen LogP contribution in [0.25, 0.3) is 21.8 Å². The summed E-state index contributed by atoms with van der Waals surface area (Å²) in [5.41, 5.74) is 3.13. The number of nitrogens with one attached hydrogen (secondary N) is 2. The number of H-pyrrole nitrogens is 1. The lowest BCUT2D eigenvalue weighted by molar-refractivity contribution is 0.000164. The second-order valence-corrected chi connectivity index (χ2v) is 12.3. The van der Waals surface area contributed by atoms with E-state index in [1.54, 1.807) is 61.6 Å². The molecule has 6 rings (SSSR count). The summed E-state index contributed by atoms with van der Waals surface area (Å²) in [6.45, 7) is 4.10. The fourth-order valence-electron chi connectivity index (χ4n) is 6.12. The summed E-state index contributed by atoms with van der Waals surface area (Å²) >= 11 is 6.41. The molecule has 3 N–H and O–H groups in total. The second kappa shape index (κ2) is 17.5. The number of phenolic OH excluding ortho intramolecular Hbond substituents is 1. The number of phenols is 1. The van der Waals surface area contributed by atoms with Gasteiger partial charge < -0.3 is 48.7 Å². The third-order valence-electron chi connectivity index (χ3n) is 8.62.